The quantitative estimate of drug-likeness (QED) is 0.828. The second-order valence-corrected chi connectivity index (χ2v) is 5.80. The van der Waals surface area contributed by atoms with E-state index in [9.17, 15) is 4.79 Å². The Balaban J connectivity index is 0.00000225. The lowest BCUT2D eigenvalue weighted by atomic mass is 10.1. The van der Waals surface area contributed by atoms with Gasteiger partial charge in [-0.2, -0.15) is 0 Å². The fourth-order valence-electron chi connectivity index (χ4n) is 2.72. The van der Waals surface area contributed by atoms with Crippen LogP contribution in [-0.4, -0.2) is 26.1 Å². The molecule has 2 aromatic carbocycles. The van der Waals surface area contributed by atoms with Crippen LogP contribution >= 0.6 is 12.4 Å². The van der Waals surface area contributed by atoms with Crippen molar-refractivity contribution in [2.24, 2.45) is 5.92 Å². The molecule has 1 heterocycles. The predicted molar refractivity (Wildman–Crippen MR) is 99.6 cm³/mol. The smallest absolute Gasteiger partial charge is 0.224 e. The Labute approximate surface area is 154 Å². The second-order valence-electron chi connectivity index (χ2n) is 5.80. The zero-order valence-electron chi connectivity index (χ0n) is 14.2. The molecule has 0 aliphatic carbocycles. The Morgan fingerprint density at radius 2 is 1.88 bits per heavy atom. The maximum atomic E-state index is 12.0. The topological polar surface area (TPSA) is 59.6 Å². The van der Waals surface area contributed by atoms with E-state index in [0.29, 0.717) is 18.0 Å². The fourth-order valence-corrected chi connectivity index (χ4v) is 2.72. The molecular weight excluding hydrogens is 340 g/mol. The number of para-hydroxylation sites is 2. The molecule has 1 unspecified atom stereocenters. The van der Waals surface area contributed by atoms with E-state index in [4.69, 9.17) is 9.47 Å². The van der Waals surface area contributed by atoms with Crippen LogP contribution in [0.4, 0.5) is 0 Å². The third-order valence-electron chi connectivity index (χ3n) is 4.12. The summed E-state index contributed by atoms with van der Waals surface area (Å²) in [7, 11) is 1.62. The molecule has 2 aromatic rings. The van der Waals surface area contributed by atoms with Gasteiger partial charge in [-0.3, -0.25) is 4.79 Å². The highest BCUT2D eigenvalue weighted by atomic mass is 35.5. The second kappa shape index (κ2) is 9.30. The molecule has 2 N–H and O–H groups in total. The summed E-state index contributed by atoms with van der Waals surface area (Å²) in [5.41, 5.74) is 1.04. The standard InChI is InChI=1S/C19H22N2O3.ClH/c1-23-17-4-2-3-5-18(17)24-16-8-6-14(7-9-16)12-21-19(22)15-10-11-20-13-15;/h2-9,15,20H,10-13H2,1H3,(H,21,22);1H. The minimum absolute atomic E-state index is 0. The maximum Gasteiger partial charge on any atom is 0.224 e. The summed E-state index contributed by atoms with van der Waals surface area (Å²) in [6.07, 6.45) is 0.914. The SMILES string of the molecule is COc1ccccc1Oc1ccc(CNC(=O)C2CCNC2)cc1.Cl. The zero-order chi connectivity index (χ0) is 16.8. The molecule has 0 saturated carbocycles. The van der Waals surface area contributed by atoms with Crippen molar-refractivity contribution in [3.05, 3.63) is 54.1 Å². The number of amides is 1. The molecule has 6 heteroatoms. The number of hydrogen-bond donors (Lipinski definition) is 2. The van der Waals surface area contributed by atoms with Crippen LogP contribution < -0.4 is 20.1 Å². The van der Waals surface area contributed by atoms with Crippen molar-refractivity contribution in [1.82, 2.24) is 10.6 Å². The number of methoxy groups -OCH3 is 1. The van der Waals surface area contributed by atoms with Gasteiger partial charge in [0.15, 0.2) is 11.5 Å². The lowest BCUT2D eigenvalue weighted by Crippen LogP contribution is -2.31. The van der Waals surface area contributed by atoms with Gasteiger partial charge in [0, 0.05) is 13.1 Å². The summed E-state index contributed by atoms with van der Waals surface area (Å²) < 4.78 is 11.1. The number of carbonyl (C=O) groups is 1. The van der Waals surface area contributed by atoms with Crippen LogP contribution in [0, 0.1) is 5.92 Å². The van der Waals surface area contributed by atoms with Crippen LogP contribution in [0.1, 0.15) is 12.0 Å². The highest BCUT2D eigenvalue weighted by Crippen LogP contribution is 2.30. The molecule has 25 heavy (non-hydrogen) atoms. The summed E-state index contributed by atoms with van der Waals surface area (Å²) >= 11 is 0. The van der Waals surface area contributed by atoms with Crippen molar-refractivity contribution >= 4 is 18.3 Å². The summed E-state index contributed by atoms with van der Waals surface area (Å²) in [4.78, 5) is 12.0. The minimum Gasteiger partial charge on any atom is -0.493 e. The van der Waals surface area contributed by atoms with Gasteiger partial charge in [0.1, 0.15) is 5.75 Å². The summed E-state index contributed by atoms with van der Waals surface area (Å²) in [6.45, 7) is 2.23. The molecular formula is C19H23ClN2O3. The first-order valence-electron chi connectivity index (χ1n) is 8.14. The van der Waals surface area contributed by atoms with E-state index in [1.54, 1.807) is 7.11 Å². The first kappa shape index (κ1) is 19.1. The molecule has 1 aliphatic rings. The average molecular weight is 363 g/mol. The number of halogens is 1. The monoisotopic (exact) mass is 362 g/mol. The number of nitrogens with one attached hydrogen (secondary N) is 2. The van der Waals surface area contributed by atoms with Crippen LogP contribution in [0.15, 0.2) is 48.5 Å². The lowest BCUT2D eigenvalue weighted by molar-refractivity contribution is -0.124. The van der Waals surface area contributed by atoms with Gasteiger partial charge in [0.2, 0.25) is 5.91 Å². The van der Waals surface area contributed by atoms with E-state index in [0.717, 1.165) is 30.8 Å². The molecule has 0 radical (unpaired) electrons. The number of benzene rings is 2. The van der Waals surface area contributed by atoms with E-state index in [-0.39, 0.29) is 24.2 Å². The largest absolute Gasteiger partial charge is 0.493 e. The molecule has 1 atom stereocenters. The Hall–Kier alpha value is -2.24. The minimum atomic E-state index is 0. The van der Waals surface area contributed by atoms with Crippen molar-refractivity contribution in [3.8, 4) is 17.2 Å². The van der Waals surface area contributed by atoms with Crippen molar-refractivity contribution in [2.75, 3.05) is 20.2 Å². The summed E-state index contributed by atoms with van der Waals surface area (Å²) in [5, 5.41) is 6.19. The average Bonchev–Trinajstić information content (AvgIpc) is 3.16. The Bertz CT molecular complexity index is 685. The van der Waals surface area contributed by atoms with Gasteiger partial charge in [0.25, 0.3) is 0 Å². The molecule has 0 bridgehead atoms. The van der Waals surface area contributed by atoms with E-state index in [1.807, 2.05) is 48.5 Å². The van der Waals surface area contributed by atoms with Crippen LogP contribution in [0.3, 0.4) is 0 Å². The van der Waals surface area contributed by atoms with Gasteiger partial charge in [0.05, 0.1) is 13.0 Å². The van der Waals surface area contributed by atoms with E-state index in [2.05, 4.69) is 10.6 Å². The Kier molecular flexibility index (Phi) is 7.10. The van der Waals surface area contributed by atoms with E-state index < -0.39 is 0 Å². The third-order valence-corrected chi connectivity index (χ3v) is 4.12. The first-order chi connectivity index (χ1) is 11.8. The molecule has 5 nitrogen and oxygen atoms in total. The Morgan fingerprint density at radius 3 is 2.52 bits per heavy atom. The molecule has 1 fully saturated rings. The first-order valence-corrected chi connectivity index (χ1v) is 8.14. The van der Waals surface area contributed by atoms with Crippen LogP contribution in [-0.2, 0) is 11.3 Å². The highest BCUT2D eigenvalue weighted by molar-refractivity contribution is 5.85. The third kappa shape index (κ3) is 5.11. The van der Waals surface area contributed by atoms with Crippen LogP contribution in [0.2, 0.25) is 0 Å². The highest BCUT2D eigenvalue weighted by Gasteiger charge is 2.21. The molecule has 1 aliphatic heterocycles. The number of rotatable bonds is 6. The van der Waals surface area contributed by atoms with Crippen molar-refractivity contribution in [2.45, 2.75) is 13.0 Å². The molecule has 0 spiro atoms. The van der Waals surface area contributed by atoms with Gasteiger partial charge in [-0.25, -0.2) is 0 Å². The number of carbonyl (C=O) groups excluding carboxylic acids is 1. The lowest BCUT2D eigenvalue weighted by Gasteiger charge is -2.12. The fraction of sp³-hybridized carbons (Fsp3) is 0.316. The molecule has 1 saturated heterocycles. The van der Waals surface area contributed by atoms with Gasteiger partial charge >= 0.3 is 0 Å². The normalized spacial score (nSPS) is 16.0. The molecule has 3 rings (SSSR count). The van der Waals surface area contributed by atoms with Crippen molar-refractivity contribution in [1.29, 1.82) is 0 Å². The predicted octanol–water partition coefficient (Wildman–Crippen LogP) is 3.14. The van der Waals surface area contributed by atoms with Crippen molar-refractivity contribution < 1.29 is 14.3 Å². The summed E-state index contributed by atoms with van der Waals surface area (Å²) in [5.74, 6) is 2.32. The van der Waals surface area contributed by atoms with E-state index in [1.165, 1.54) is 0 Å². The van der Waals surface area contributed by atoms with Gasteiger partial charge in [-0.05, 0) is 42.8 Å². The van der Waals surface area contributed by atoms with Gasteiger partial charge in [-0.1, -0.05) is 24.3 Å². The van der Waals surface area contributed by atoms with Crippen LogP contribution in [0.25, 0.3) is 0 Å². The Morgan fingerprint density at radius 1 is 1.16 bits per heavy atom. The molecule has 0 aromatic heterocycles. The molecule has 1 amide bonds. The number of hydrogen-bond acceptors (Lipinski definition) is 4. The van der Waals surface area contributed by atoms with E-state index >= 15 is 0 Å². The van der Waals surface area contributed by atoms with Gasteiger partial charge in [-0.15, -0.1) is 12.4 Å². The van der Waals surface area contributed by atoms with Gasteiger partial charge < -0.3 is 20.1 Å². The van der Waals surface area contributed by atoms with Crippen LogP contribution in [0.5, 0.6) is 17.2 Å². The summed E-state index contributed by atoms with van der Waals surface area (Å²) in [6, 6.07) is 15.2. The number of ether oxygens (including phenoxy) is 2. The van der Waals surface area contributed by atoms with Crippen molar-refractivity contribution in [3.63, 3.8) is 0 Å². The maximum absolute atomic E-state index is 12.0. The molecule has 134 valence electrons. The zero-order valence-corrected chi connectivity index (χ0v) is 15.0.